The van der Waals surface area contributed by atoms with Crippen LogP contribution in [0.3, 0.4) is 0 Å². The van der Waals surface area contributed by atoms with Crippen LogP contribution in [0.5, 0.6) is 0 Å². The molecule has 1 saturated carbocycles. The lowest BCUT2D eigenvalue weighted by atomic mass is 9.88. The molecule has 0 radical (unpaired) electrons. The van der Waals surface area contributed by atoms with Crippen molar-refractivity contribution in [3.63, 3.8) is 0 Å². The van der Waals surface area contributed by atoms with Crippen molar-refractivity contribution >= 4 is 21.9 Å². The smallest absolute Gasteiger partial charge is 0.225 e. The molecule has 1 unspecified atom stereocenters. The number of aliphatic imine (C=N–C) groups is 1. The molecule has 3 N–H and O–H groups in total. The van der Waals surface area contributed by atoms with E-state index >= 15 is 0 Å². The van der Waals surface area contributed by atoms with Crippen LogP contribution in [0.15, 0.2) is 4.99 Å². The van der Waals surface area contributed by atoms with Crippen LogP contribution in [0, 0.1) is 5.92 Å². The number of carbonyl (C=O) groups excluding carboxylic acids is 1. The molecule has 1 amide bonds. The SMILES string of the molecule is CCNC(=NCCNS(=O)(=O)CC)NC1CCN(C(=O)C2CCCCC2)C1. The van der Waals surface area contributed by atoms with Gasteiger partial charge in [-0.3, -0.25) is 9.79 Å². The van der Waals surface area contributed by atoms with Crippen LogP contribution in [0.1, 0.15) is 52.4 Å². The summed E-state index contributed by atoms with van der Waals surface area (Å²) in [6.07, 6.45) is 6.57. The van der Waals surface area contributed by atoms with Gasteiger partial charge in [0.2, 0.25) is 15.9 Å². The minimum atomic E-state index is -3.18. The molecule has 9 heteroatoms. The number of nitrogens with one attached hydrogen (secondary N) is 3. The highest BCUT2D eigenvalue weighted by atomic mass is 32.2. The minimum Gasteiger partial charge on any atom is -0.357 e. The normalized spacial score (nSPS) is 22.1. The van der Waals surface area contributed by atoms with Crippen molar-refractivity contribution in [3.8, 4) is 0 Å². The molecule has 0 spiro atoms. The topological polar surface area (TPSA) is 103 Å². The molecular formula is C18H35N5O3S. The van der Waals surface area contributed by atoms with E-state index in [0.29, 0.717) is 25.0 Å². The van der Waals surface area contributed by atoms with Gasteiger partial charge in [0.1, 0.15) is 0 Å². The zero-order chi connectivity index (χ0) is 19.7. The lowest BCUT2D eigenvalue weighted by molar-refractivity contribution is -0.135. The number of nitrogens with zero attached hydrogens (tertiary/aromatic N) is 2. The number of amides is 1. The molecule has 0 bridgehead atoms. The molecule has 8 nitrogen and oxygen atoms in total. The van der Waals surface area contributed by atoms with Gasteiger partial charge in [0.25, 0.3) is 0 Å². The monoisotopic (exact) mass is 401 g/mol. The third-order valence-electron chi connectivity index (χ3n) is 5.22. The summed E-state index contributed by atoms with van der Waals surface area (Å²) in [5.74, 6) is 1.27. The molecule has 1 saturated heterocycles. The third kappa shape index (κ3) is 7.29. The largest absolute Gasteiger partial charge is 0.357 e. The molecule has 0 aromatic heterocycles. The highest BCUT2D eigenvalue weighted by Gasteiger charge is 2.31. The Balaban J connectivity index is 1.80. The number of guanidine groups is 1. The number of hydrogen-bond acceptors (Lipinski definition) is 4. The Kier molecular flexibility index (Phi) is 8.82. The van der Waals surface area contributed by atoms with Gasteiger partial charge in [-0.15, -0.1) is 0 Å². The first kappa shape index (κ1) is 21.9. The Bertz CT molecular complexity index is 602. The summed E-state index contributed by atoms with van der Waals surface area (Å²) < 4.78 is 25.4. The van der Waals surface area contributed by atoms with Gasteiger partial charge in [-0.05, 0) is 33.1 Å². The zero-order valence-electron chi connectivity index (χ0n) is 16.7. The van der Waals surface area contributed by atoms with Crippen LogP contribution in [0.4, 0.5) is 0 Å². The van der Waals surface area contributed by atoms with Crippen molar-refractivity contribution in [1.29, 1.82) is 0 Å². The molecular weight excluding hydrogens is 366 g/mol. The lowest BCUT2D eigenvalue weighted by Crippen LogP contribution is -2.46. The Morgan fingerprint density at radius 2 is 1.89 bits per heavy atom. The predicted octanol–water partition coefficient (Wildman–Crippen LogP) is 0.662. The number of sulfonamides is 1. The molecule has 0 aromatic rings. The van der Waals surface area contributed by atoms with Crippen LogP contribution < -0.4 is 15.4 Å². The highest BCUT2D eigenvalue weighted by molar-refractivity contribution is 7.89. The van der Waals surface area contributed by atoms with Gasteiger partial charge in [0.15, 0.2) is 5.96 Å². The van der Waals surface area contributed by atoms with E-state index in [1.54, 1.807) is 6.92 Å². The molecule has 27 heavy (non-hydrogen) atoms. The average Bonchev–Trinajstić information content (AvgIpc) is 3.14. The number of rotatable bonds is 8. The standard InChI is InChI=1S/C18H35N5O3S/c1-3-19-18(20-11-12-21-27(25,26)4-2)22-16-10-13-23(14-16)17(24)15-8-6-5-7-9-15/h15-16,21H,3-14H2,1-2H3,(H2,19,20,22). The van der Waals surface area contributed by atoms with Crippen molar-refractivity contribution in [1.82, 2.24) is 20.3 Å². The van der Waals surface area contributed by atoms with E-state index in [1.165, 1.54) is 19.3 Å². The Hall–Kier alpha value is -1.35. The molecule has 2 aliphatic rings. The van der Waals surface area contributed by atoms with E-state index in [1.807, 2.05) is 11.8 Å². The summed E-state index contributed by atoms with van der Waals surface area (Å²) >= 11 is 0. The maximum Gasteiger partial charge on any atom is 0.225 e. The summed E-state index contributed by atoms with van der Waals surface area (Å²) in [7, 11) is -3.18. The van der Waals surface area contributed by atoms with E-state index in [-0.39, 0.29) is 24.3 Å². The maximum atomic E-state index is 12.7. The Morgan fingerprint density at radius 3 is 2.56 bits per heavy atom. The van der Waals surface area contributed by atoms with Crippen LogP contribution in [-0.4, -0.2) is 69.7 Å². The van der Waals surface area contributed by atoms with Gasteiger partial charge >= 0.3 is 0 Å². The van der Waals surface area contributed by atoms with Crippen molar-refractivity contribution in [2.24, 2.45) is 10.9 Å². The van der Waals surface area contributed by atoms with Crippen molar-refractivity contribution in [2.75, 3.05) is 38.5 Å². The lowest BCUT2D eigenvalue weighted by Gasteiger charge is -2.26. The second-order valence-electron chi connectivity index (χ2n) is 7.31. The van der Waals surface area contributed by atoms with E-state index in [9.17, 15) is 13.2 Å². The van der Waals surface area contributed by atoms with Gasteiger partial charge in [-0.1, -0.05) is 19.3 Å². The summed E-state index contributed by atoms with van der Waals surface area (Å²) in [4.78, 5) is 19.1. The summed E-state index contributed by atoms with van der Waals surface area (Å²) in [5.41, 5.74) is 0. The molecule has 156 valence electrons. The average molecular weight is 402 g/mol. The van der Waals surface area contributed by atoms with Crippen molar-refractivity contribution < 1.29 is 13.2 Å². The fraction of sp³-hybridized carbons (Fsp3) is 0.889. The highest BCUT2D eigenvalue weighted by Crippen LogP contribution is 2.26. The van der Waals surface area contributed by atoms with Crippen LogP contribution >= 0.6 is 0 Å². The van der Waals surface area contributed by atoms with E-state index in [2.05, 4.69) is 20.3 Å². The molecule has 2 rings (SSSR count). The minimum absolute atomic E-state index is 0.0714. The van der Waals surface area contributed by atoms with Gasteiger partial charge in [0.05, 0.1) is 12.3 Å². The number of carbonyl (C=O) groups is 1. The van der Waals surface area contributed by atoms with Crippen molar-refractivity contribution in [2.45, 2.75) is 58.4 Å². The molecule has 1 atom stereocenters. The fourth-order valence-electron chi connectivity index (χ4n) is 3.67. The fourth-order valence-corrected chi connectivity index (χ4v) is 4.28. The van der Waals surface area contributed by atoms with Crippen LogP contribution in [0.25, 0.3) is 0 Å². The summed E-state index contributed by atoms with van der Waals surface area (Å²) in [5, 5.41) is 6.57. The third-order valence-corrected chi connectivity index (χ3v) is 6.63. The van der Waals surface area contributed by atoms with Crippen LogP contribution in [0.2, 0.25) is 0 Å². The van der Waals surface area contributed by atoms with Gasteiger partial charge in [0, 0.05) is 38.1 Å². The zero-order valence-corrected chi connectivity index (χ0v) is 17.5. The second kappa shape index (κ2) is 10.8. The predicted molar refractivity (Wildman–Crippen MR) is 108 cm³/mol. The second-order valence-corrected chi connectivity index (χ2v) is 9.40. The molecule has 1 heterocycles. The quantitative estimate of drug-likeness (QED) is 0.315. The van der Waals surface area contributed by atoms with E-state index < -0.39 is 10.0 Å². The van der Waals surface area contributed by atoms with E-state index in [4.69, 9.17) is 0 Å². The van der Waals surface area contributed by atoms with Crippen LogP contribution in [-0.2, 0) is 14.8 Å². The van der Waals surface area contributed by atoms with Gasteiger partial charge in [-0.2, -0.15) is 0 Å². The first-order chi connectivity index (χ1) is 12.9. The number of likely N-dealkylation sites (tertiary alicyclic amines) is 1. The summed E-state index contributed by atoms with van der Waals surface area (Å²) in [6, 6.07) is 0.183. The van der Waals surface area contributed by atoms with Gasteiger partial charge < -0.3 is 15.5 Å². The van der Waals surface area contributed by atoms with E-state index in [0.717, 1.165) is 32.4 Å². The number of hydrogen-bond donors (Lipinski definition) is 3. The first-order valence-electron chi connectivity index (χ1n) is 10.3. The summed E-state index contributed by atoms with van der Waals surface area (Å²) in [6.45, 7) is 6.48. The molecule has 2 fully saturated rings. The Morgan fingerprint density at radius 1 is 1.15 bits per heavy atom. The molecule has 1 aliphatic carbocycles. The maximum absolute atomic E-state index is 12.7. The Labute approximate surface area is 163 Å². The first-order valence-corrected chi connectivity index (χ1v) is 11.9. The molecule has 1 aliphatic heterocycles. The van der Waals surface area contributed by atoms with Crippen molar-refractivity contribution in [3.05, 3.63) is 0 Å². The van der Waals surface area contributed by atoms with Gasteiger partial charge in [-0.25, -0.2) is 13.1 Å². The molecule has 0 aromatic carbocycles.